The number of esters is 1. The number of hydrogen-bond donors (Lipinski definition) is 0. The fraction of sp³-hybridized carbons (Fsp3) is 0.0667. The number of aromatic nitrogens is 4. The highest BCUT2D eigenvalue weighted by molar-refractivity contribution is 6.30. The Labute approximate surface area is 141 Å². The monoisotopic (exact) mass is 348 g/mol. The maximum atomic E-state index is 11.8. The average Bonchev–Trinajstić information content (AvgIpc) is 3.01. The maximum Gasteiger partial charge on any atom is 0.358 e. The zero-order valence-corrected chi connectivity index (χ0v) is 13.4. The van der Waals surface area contributed by atoms with E-state index in [1.54, 1.807) is 30.3 Å². The number of carbonyl (C=O) groups is 1. The van der Waals surface area contributed by atoms with Gasteiger partial charge in [0.05, 0.1) is 12.8 Å². The van der Waals surface area contributed by atoms with Crippen LogP contribution < -0.4 is 0 Å². The second kappa shape index (κ2) is 6.36. The Hall–Kier alpha value is -2.44. The van der Waals surface area contributed by atoms with Gasteiger partial charge >= 0.3 is 5.97 Å². The summed E-state index contributed by atoms with van der Waals surface area (Å²) in [5, 5.41) is 12.9. The van der Waals surface area contributed by atoms with Crippen LogP contribution in [0.15, 0.2) is 42.5 Å². The van der Waals surface area contributed by atoms with Crippen LogP contribution in [0.4, 0.5) is 0 Å². The number of nitrogens with zero attached hydrogens (tertiary/aromatic N) is 4. The normalized spacial score (nSPS) is 10.6. The summed E-state index contributed by atoms with van der Waals surface area (Å²) >= 11 is 11.7. The molecule has 0 aliphatic heterocycles. The van der Waals surface area contributed by atoms with Gasteiger partial charge in [-0.1, -0.05) is 35.3 Å². The van der Waals surface area contributed by atoms with Crippen molar-refractivity contribution in [3.63, 3.8) is 0 Å². The van der Waals surface area contributed by atoms with Crippen molar-refractivity contribution in [2.45, 2.75) is 0 Å². The molecule has 3 rings (SSSR count). The summed E-state index contributed by atoms with van der Waals surface area (Å²) in [4.78, 5) is 11.8. The van der Waals surface area contributed by atoms with Gasteiger partial charge in [-0.25, -0.2) is 9.48 Å². The molecule has 116 valence electrons. The van der Waals surface area contributed by atoms with Crippen molar-refractivity contribution in [3.8, 4) is 17.1 Å². The minimum Gasteiger partial charge on any atom is -0.464 e. The van der Waals surface area contributed by atoms with Crippen LogP contribution >= 0.6 is 23.2 Å². The Bertz CT molecular complexity index is 782. The number of hydrogen-bond acceptors (Lipinski definition) is 5. The molecule has 0 unspecified atom stereocenters. The SMILES string of the molecule is COC(=O)c1cc(-c2ccc(Cl)cc2)n(-c2ccc(Cl)nn2)n1. The van der Waals surface area contributed by atoms with Crippen molar-refractivity contribution >= 4 is 29.2 Å². The standard InChI is InChI=1S/C15H10Cl2N4O2/c1-23-15(22)11-8-12(9-2-4-10(16)5-3-9)21(20-11)14-7-6-13(17)18-19-14/h2-8H,1H3. The molecule has 0 saturated carbocycles. The van der Waals surface area contributed by atoms with Gasteiger partial charge in [0, 0.05) is 10.6 Å². The van der Waals surface area contributed by atoms with E-state index in [4.69, 9.17) is 27.9 Å². The first kappa shape index (κ1) is 15.5. The Morgan fingerprint density at radius 3 is 2.43 bits per heavy atom. The number of halogens is 2. The predicted molar refractivity (Wildman–Crippen MR) is 85.9 cm³/mol. The topological polar surface area (TPSA) is 69.9 Å². The molecule has 23 heavy (non-hydrogen) atoms. The minimum absolute atomic E-state index is 0.161. The number of methoxy groups -OCH3 is 1. The second-order valence-electron chi connectivity index (χ2n) is 4.54. The van der Waals surface area contributed by atoms with Gasteiger partial charge in [0.2, 0.25) is 0 Å². The van der Waals surface area contributed by atoms with E-state index in [-0.39, 0.29) is 10.8 Å². The number of rotatable bonds is 3. The van der Waals surface area contributed by atoms with Gasteiger partial charge < -0.3 is 4.74 Å². The summed E-state index contributed by atoms with van der Waals surface area (Å²) in [7, 11) is 1.30. The lowest BCUT2D eigenvalue weighted by Crippen LogP contribution is -2.06. The highest BCUT2D eigenvalue weighted by atomic mass is 35.5. The Morgan fingerprint density at radius 2 is 1.83 bits per heavy atom. The van der Waals surface area contributed by atoms with E-state index < -0.39 is 5.97 Å². The van der Waals surface area contributed by atoms with Crippen molar-refractivity contribution < 1.29 is 9.53 Å². The molecule has 0 amide bonds. The van der Waals surface area contributed by atoms with Crippen LogP contribution in [0.5, 0.6) is 0 Å². The molecule has 0 atom stereocenters. The predicted octanol–water partition coefficient (Wildman–Crippen LogP) is 3.42. The van der Waals surface area contributed by atoms with E-state index in [2.05, 4.69) is 15.3 Å². The lowest BCUT2D eigenvalue weighted by Gasteiger charge is -2.06. The molecule has 0 N–H and O–H groups in total. The summed E-state index contributed by atoms with van der Waals surface area (Å²) in [6.45, 7) is 0. The van der Waals surface area contributed by atoms with Crippen molar-refractivity contribution in [1.29, 1.82) is 0 Å². The van der Waals surface area contributed by atoms with Gasteiger partial charge in [-0.2, -0.15) is 5.10 Å². The molecule has 2 aromatic heterocycles. The third-order valence-corrected chi connectivity index (χ3v) is 3.53. The second-order valence-corrected chi connectivity index (χ2v) is 5.36. The number of benzene rings is 1. The van der Waals surface area contributed by atoms with Crippen LogP contribution in [-0.2, 0) is 4.74 Å². The molecule has 0 radical (unpaired) electrons. The van der Waals surface area contributed by atoms with Gasteiger partial charge in [0.15, 0.2) is 16.7 Å². The Kier molecular flexibility index (Phi) is 4.27. The van der Waals surface area contributed by atoms with Crippen LogP contribution in [0.2, 0.25) is 10.2 Å². The Balaban J connectivity index is 2.16. The molecule has 3 aromatic rings. The molecular weight excluding hydrogens is 339 g/mol. The first-order valence-corrected chi connectivity index (χ1v) is 7.28. The zero-order valence-electron chi connectivity index (χ0n) is 11.9. The molecule has 0 saturated heterocycles. The van der Waals surface area contributed by atoms with Crippen LogP contribution in [0.3, 0.4) is 0 Å². The molecule has 0 bridgehead atoms. The molecule has 0 aliphatic carbocycles. The highest BCUT2D eigenvalue weighted by Crippen LogP contribution is 2.25. The zero-order chi connectivity index (χ0) is 16.4. The number of carbonyl (C=O) groups excluding carboxylic acids is 1. The van der Waals surface area contributed by atoms with E-state index in [0.717, 1.165) is 5.56 Å². The highest BCUT2D eigenvalue weighted by Gasteiger charge is 2.18. The lowest BCUT2D eigenvalue weighted by atomic mass is 10.1. The van der Waals surface area contributed by atoms with E-state index >= 15 is 0 Å². The van der Waals surface area contributed by atoms with E-state index in [0.29, 0.717) is 16.5 Å². The Morgan fingerprint density at radius 1 is 1.09 bits per heavy atom. The van der Waals surface area contributed by atoms with Crippen LogP contribution in [0.25, 0.3) is 17.1 Å². The summed E-state index contributed by atoms with van der Waals surface area (Å²) in [5.74, 6) is -0.115. The van der Waals surface area contributed by atoms with E-state index in [1.807, 2.05) is 12.1 Å². The first-order valence-electron chi connectivity index (χ1n) is 6.52. The van der Waals surface area contributed by atoms with Crippen LogP contribution in [0.1, 0.15) is 10.5 Å². The fourth-order valence-corrected chi connectivity index (χ4v) is 2.24. The summed E-state index contributed by atoms with van der Waals surface area (Å²) in [5.41, 5.74) is 1.63. The minimum atomic E-state index is -0.541. The number of ether oxygens (including phenoxy) is 1. The van der Waals surface area contributed by atoms with Gasteiger partial charge in [0.1, 0.15) is 0 Å². The molecule has 2 heterocycles. The van der Waals surface area contributed by atoms with Crippen molar-refractivity contribution in [2.75, 3.05) is 7.11 Å². The van der Waals surface area contributed by atoms with Crippen LogP contribution in [0, 0.1) is 0 Å². The largest absolute Gasteiger partial charge is 0.464 e. The fourth-order valence-electron chi connectivity index (χ4n) is 2.01. The molecule has 0 fully saturated rings. The van der Waals surface area contributed by atoms with Crippen LogP contribution in [-0.4, -0.2) is 33.1 Å². The van der Waals surface area contributed by atoms with Gasteiger partial charge in [-0.3, -0.25) is 0 Å². The maximum absolute atomic E-state index is 11.8. The average molecular weight is 349 g/mol. The third-order valence-electron chi connectivity index (χ3n) is 3.08. The van der Waals surface area contributed by atoms with E-state index in [9.17, 15) is 4.79 Å². The quantitative estimate of drug-likeness (QED) is 0.678. The smallest absolute Gasteiger partial charge is 0.358 e. The molecule has 1 aromatic carbocycles. The molecule has 6 nitrogen and oxygen atoms in total. The van der Waals surface area contributed by atoms with E-state index in [1.165, 1.54) is 11.8 Å². The summed E-state index contributed by atoms with van der Waals surface area (Å²) in [6, 6.07) is 12.0. The molecule has 0 aliphatic rings. The van der Waals surface area contributed by atoms with Gasteiger partial charge in [0.25, 0.3) is 0 Å². The molecule has 8 heteroatoms. The summed E-state index contributed by atoms with van der Waals surface area (Å²) < 4.78 is 6.22. The van der Waals surface area contributed by atoms with Crippen molar-refractivity contribution in [3.05, 3.63) is 58.3 Å². The first-order chi connectivity index (χ1) is 11.1. The van der Waals surface area contributed by atoms with Crippen molar-refractivity contribution in [1.82, 2.24) is 20.0 Å². The summed E-state index contributed by atoms with van der Waals surface area (Å²) in [6.07, 6.45) is 0. The third kappa shape index (κ3) is 3.18. The van der Waals surface area contributed by atoms with Crippen molar-refractivity contribution in [2.24, 2.45) is 0 Å². The lowest BCUT2D eigenvalue weighted by molar-refractivity contribution is 0.0593. The molecular formula is C15H10Cl2N4O2. The van der Waals surface area contributed by atoms with Gasteiger partial charge in [-0.15, -0.1) is 10.2 Å². The molecule has 0 spiro atoms. The van der Waals surface area contributed by atoms with Gasteiger partial charge in [-0.05, 0) is 30.3 Å².